The molecule has 7 heteroatoms. The number of aromatic nitrogens is 4. The highest BCUT2D eigenvalue weighted by atomic mass is 16.5. The maximum atomic E-state index is 12.8. The first kappa shape index (κ1) is 27.0. The molecule has 0 aliphatic rings. The standard InChI is InChI=1S/C33H33N5O2/c1-24(2)31(33(39)40-23-27-13-7-4-8-14-27)34-21-25-17-19-28(20-18-25)29-15-9-10-16-30(29)32-35-36-37-38(32)22-26-11-5-3-6-12-26/h3-20,24,31,34H,21-23H2,1-2H3/t31-/m0/s1. The summed E-state index contributed by atoms with van der Waals surface area (Å²) in [7, 11) is 0. The minimum atomic E-state index is -0.396. The third kappa shape index (κ3) is 6.68. The van der Waals surface area contributed by atoms with Crippen molar-refractivity contribution in [1.82, 2.24) is 25.5 Å². The molecule has 0 radical (unpaired) electrons. The molecule has 0 fully saturated rings. The third-order valence-electron chi connectivity index (χ3n) is 6.81. The van der Waals surface area contributed by atoms with Crippen LogP contribution in [-0.4, -0.2) is 32.2 Å². The SMILES string of the molecule is CC(C)[C@H](NCc1ccc(-c2ccccc2-c2nnnn2Cc2ccccc2)cc1)C(=O)OCc1ccccc1. The van der Waals surface area contributed by atoms with Crippen molar-refractivity contribution in [2.45, 2.75) is 39.6 Å². The normalized spacial score (nSPS) is 11.9. The number of hydrogen-bond donors (Lipinski definition) is 1. The molecular formula is C33H33N5O2. The molecule has 0 saturated carbocycles. The number of esters is 1. The Bertz CT molecular complexity index is 1520. The first-order chi connectivity index (χ1) is 19.6. The molecule has 0 spiro atoms. The predicted octanol–water partition coefficient (Wildman–Crippen LogP) is 5.91. The second kappa shape index (κ2) is 13.0. The molecule has 1 atom stereocenters. The molecule has 0 amide bonds. The third-order valence-corrected chi connectivity index (χ3v) is 6.81. The Morgan fingerprint density at radius 2 is 1.40 bits per heavy atom. The smallest absolute Gasteiger partial charge is 0.323 e. The van der Waals surface area contributed by atoms with E-state index in [0.717, 1.165) is 39.2 Å². The lowest BCUT2D eigenvalue weighted by atomic mass is 9.98. The van der Waals surface area contributed by atoms with Gasteiger partial charge in [-0.05, 0) is 44.2 Å². The second-order valence-corrected chi connectivity index (χ2v) is 10.1. The average molecular weight is 532 g/mol. The van der Waals surface area contributed by atoms with Gasteiger partial charge >= 0.3 is 5.97 Å². The lowest BCUT2D eigenvalue weighted by molar-refractivity contribution is -0.148. The number of ether oxygens (including phenoxy) is 1. The Hall–Kier alpha value is -4.62. The van der Waals surface area contributed by atoms with E-state index in [1.165, 1.54) is 0 Å². The number of rotatable bonds is 11. The number of hydrogen-bond acceptors (Lipinski definition) is 6. The van der Waals surface area contributed by atoms with E-state index in [-0.39, 0.29) is 18.5 Å². The number of nitrogens with zero attached hydrogens (tertiary/aromatic N) is 4. The van der Waals surface area contributed by atoms with Crippen molar-refractivity contribution >= 4 is 5.97 Å². The lowest BCUT2D eigenvalue weighted by Gasteiger charge is -2.21. The van der Waals surface area contributed by atoms with E-state index in [9.17, 15) is 4.79 Å². The molecule has 0 aliphatic heterocycles. The molecule has 1 N–H and O–H groups in total. The monoisotopic (exact) mass is 531 g/mol. The van der Waals surface area contributed by atoms with Gasteiger partial charge in [0.2, 0.25) is 0 Å². The summed E-state index contributed by atoms with van der Waals surface area (Å²) < 4.78 is 7.42. The van der Waals surface area contributed by atoms with Crippen molar-refractivity contribution < 1.29 is 9.53 Å². The number of benzene rings is 4. The van der Waals surface area contributed by atoms with E-state index in [1.807, 2.05) is 85.3 Å². The molecule has 202 valence electrons. The van der Waals surface area contributed by atoms with Gasteiger partial charge in [0.15, 0.2) is 5.82 Å². The van der Waals surface area contributed by atoms with Gasteiger partial charge in [-0.25, -0.2) is 4.68 Å². The molecular weight excluding hydrogens is 498 g/mol. The Balaban J connectivity index is 1.27. The summed E-state index contributed by atoms with van der Waals surface area (Å²) in [5, 5.41) is 15.9. The molecule has 0 unspecified atom stereocenters. The van der Waals surface area contributed by atoms with Crippen molar-refractivity contribution in [3.63, 3.8) is 0 Å². The molecule has 1 heterocycles. The van der Waals surface area contributed by atoms with Gasteiger partial charge < -0.3 is 10.1 Å². The van der Waals surface area contributed by atoms with Crippen molar-refractivity contribution in [1.29, 1.82) is 0 Å². The quantitative estimate of drug-likeness (QED) is 0.213. The molecule has 4 aromatic carbocycles. The number of carbonyl (C=O) groups is 1. The topological polar surface area (TPSA) is 81.9 Å². The molecule has 0 aliphatic carbocycles. The number of nitrogens with one attached hydrogen (secondary N) is 1. The minimum absolute atomic E-state index is 0.0938. The Morgan fingerprint density at radius 1 is 0.775 bits per heavy atom. The van der Waals surface area contributed by atoms with Gasteiger partial charge in [0, 0.05) is 12.1 Å². The van der Waals surface area contributed by atoms with Crippen LogP contribution >= 0.6 is 0 Å². The van der Waals surface area contributed by atoms with Gasteiger partial charge in [0.05, 0.1) is 6.54 Å². The van der Waals surface area contributed by atoms with Crippen LogP contribution in [0.15, 0.2) is 109 Å². The van der Waals surface area contributed by atoms with E-state index < -0.39 is 6.04 Å². The molecule has 0 bridgehead atoms. The summed E-state index contributed by atoms with van der Waals surface area (Å²) in [6.07, 6.45) is 0. The summed E-state index contributed by atoms with van der Waals surface area (Å²) in [5.74, 6) is 0.577. The zero-order chi connectivity index (χ0) is 27.7. The van der Waals surface area contributed by atoms with Gasteiger partial charge in [-0.1, -0.05) is 123 Å². The second-order valence-electron chi connectivity index (χ2n) is 10.1. The van der Waals surface area contributed by atoms with Crippen molar-refractivity contribution in [2.24, 2.45) is 5.92 Å². The van der Waals surface area contributed by atoms with Gasteiger partial charge in [-0.3, -0.25) is 4.79 Å². The summed E-state index contributed by atoms with van der Waals surface area (Å²) in [6.45, 7) is 5.46. The highest BCUT2D eigenvalue weighted by Crippen LogP contribution is 2.31. The molecule has 0 saturated heterocycles. The predicted molar refractivity (Wildman–Crippen MR) is 156 cm³/mol. The minimum Gasteiger partial charge on any atom is -0.460 e. The highest BCUT2D eigenvalue weighted by Gasteiger charge is 2.23. The Kier molecular flexibility index (Phi) is 8.73. The fourth-order valence-electron chi connectivity index (χ4n) is 4.63. The van der Waals surface area contributed by atoms with E-state index in [0.29, 0.717) is 13.1 Å². The fourth-order valence-corrected chi connectivity index (χ4v) is 4.63. The zero-order valence-electron chi connectivity index (χ0n) is 22.8. The average Bonchev–Trinajstić information content (AvgIpc) is 3.45. The van der Waals surface area contributed by atoms with Crippen LogP contribution in [0.5, 0.6) is 0 Å². The highest BCUT2D eigenvalue weighted by molar-refractivity contribution is 5.80. The summed E-state index contributed by atoms with van der Waals surface area (Å²) in [4.78, 5) is 12.8. The van der Waals surface area contributed by atoms with Gasteiger partial charge in [-0.15, -0.1) is 5.10 Å². The van der Waals surface area contributed by atoms with Gasteiger partial charge in [-0.2, -0.15) is 0 Å². The fraction of sp³-hybridized carbons (Fsp3) is 0.212. The first-order valence-electron chi connectivity index (χ1n) is 13.5. The Morgan fingerprint density at radius 3 is 2.08 bits per heavy atom. The van der Waals surface area contributed by atoms with E-state index in [1.54, 1.807) is 0 Å². The van der Waals surface area contributed by atoms with Crippen molar-refractivity contribution in [3.8, 4) is 22.5 Å². The van der Waals surface area contributed by atoms with Crippen molar-refractivity contribution in [2.75, 3.05) is 0 Å². The first-order valence-corrected chi connectivity index (χ1v) is 13.5. The molecule has 40 heavy (non-hydrogen) atoms. The van der Waals surface area contributed by atoms with Crippen LogP contribution in [0.2, 0.25) is 0 Å². The Labute approximate surface area is 234 Å². The van der Waals surface area contributed by atoms with Crippen LogP contribution in [0.3, 0.4) is 0 Å². The van der Waals surface area contributed by atoms with Crippen LogP contribution in [0, 0.1) is 5.92 Å². The van der Waals surface area contributed by atoms with E-state index in [4.69, 9.17) is 4.74 Å². The largest absolute Gasteiger partial charge is 0.460 e. The maximum absolute atomic E-state index is 12.8. The van der Waals surface area contributed by atoms with Crippen LogP contribution in [-0.2, 0) is 29.2 Å². The number of tetrazole rings is 1. The van der Waals surface area contributed by atoms with Gasteiger partial charge in [0.1, 0.15) is 12.6 Å². The van der Waals surface area contributed by atoms with Crippen LogP contribution in [0.1, 0.15) is 30.5 Å². The van der Waals surface area contributed by atoms with Crippen LogP contribution in [0.4, 0.5) is 0 Å². The van der Waals surface area contributed by atoms with Crippen LogP contribution in [0.25, 0.3) is 22.5 Å². The molecule has 5 rings (SSSR count). The molecule has 5 aromatic rings. The summed E-state index contributed by atoms with van der Waals surface area (Å²) in [5.41, 5.74) is 6.27. The lowest BCUT2D eigenvalue weighted by Crippen LogP contribution is -2.41. The van der Waals surface area contributed by atoms with E-state index in [2.05, 4.69) is 63.3 Å². The summed E-state index contributed by atoms with van der Waals surface area (Å²) in [6, 6.07) is 36.0. The number of carbonyl (C=O) groups excluding carboxylic acids is 1. The molecule has 1 aromatic heterocycles. The van der Waals surface area contributed by atoms with E-state index >= 15 is 0 Å². The maximum Gasteiger partial charge on any atom is 0.323 e. The zero-order valence-corrected chi connectivity index (χ0v) is 22.8. The van der Waals surface area contributed by atoms with Gasteiger partial charge in [0.25, 0.3) is 0 Å². The van der Waals surface area contributed by atoms with Crippen molar-refractivity contribution in [3.05, 3.63) is 126 Å². The van der Waals surface area contributed by atoms with Crippen LogP contribution < -0.4 is 5.32 Å². The summed E-state index contributed by atoms with van der Waals surface area (Å²) >= 11 is 0. The molecule has 7 nitrogen and oxygen atoms in total.